The Labute approximate surface area is 160 Å². The number of benzene rings is 1. The highest BCUT2D eigenvalue weighted by Crippen LogP contribution is 2.28. The molecule has 2 aromatic rings. The molecular formula is C19H26N4O3S. The minimum Gasteiger partial charge on any atom is -0.491 e. The van der Waals surface area contributed by atoms with Crippen LogP contribution in [0.15, 0.2) is 35.8 Å². The molecule has 0 saturated carbocycles. The van der Waals surface area contributed by atoms with Crippen LogP contribution in [0.5, 0.6) is 5.75 Å². The first-order valence-corrected chi connectivity index (χ1v) is 10.5. The largest absolute Gasteiger partial charge is 0.491 e. The second-order valence-electron chi connectivity index (χ2n) is 6.17. The Kier molecular flexibility index (Phi) is 6.92. The molecule has 8 heteroatoms. The number of aromatic nitrogens is 2. The van der Waals surface area contributed by atoms with E-state index in [1.54, 1.807) is 4.68 Å². The molecule has 0 aliphatic rings. The fraction of sp³-hybridized carbons (Fsp3) is 0.368. The molecule has 0 radical (unpaired) electrons. The highest BCUT2D eigenvalue weighted by atomic mass is 32.2. The van der Waals surface area contributed by atoms with Crippen molar-refractivity contribution in [2.45, 2.75) is 26.7 Å². The van der Waals surface area contributed by atoms with E-state index in [-0.39, 0.29) is 13.2 Å². The molecule has 0 amide bonds. The lowest BCUT2D eigenvalue weighted by Crippen LogP contribution is -2.10. The molecule has 0 aliphatic carbocycles. The third-order valence-corrected chi connectivity index (χ3v) is 4.47. The summed E-state index contributed by atoms with van der Waals surface area (Å²) in [5, 5.41) is 4.59. The fourth-order valence-electron chi connectivity index (χ4n) is 2.64. The van der Waals surface area contributed by atoms with Crippen LogP contribution in [-0.2, 0) is 27.0 Å². The maximum Gasteiger partial charge on any atom is 0.158 e. The molecular weight excluding hydrogens is 364 g/mol. The number of nitrogens with zero attached hydrogens (tertiary/aromatic N) is 3. The highest BCUT2D eigenvalue weighted by molar-refractivity contribution is 7.87. The lowest BCUT2D eigenvalue weighted by molar-refractivity contribution is 0.228. The van der Waals surface area contributed by atoms with Crippen molar-refractivity contribution in [3.63, 3.8) is 0 Å². The molecule has 1 heterocycles. The quantitative estimate of drug-likeness (QED) is 0.493. The van der Waals surface area contributed by atoms with Gasteiger partial charge < -0.3 is 4.74 Å². The van der Waals surface area contributed by atoms with E-state index >= 15 is 0 Å². The number of rotatable bonds is 10. The Hall–Kier alpha value is -2.45. The summed E-state index contributed by atoms with van der Waals surface area (Å²) in [5.74, 6) is 1.42. The van der Waals surface area contributed by atoms with Gasteiger partial charge in [0.15, 0.2) is 15.8 Å². The molecule has 7 nitrogen and oxygen atoms in total. The lowest BCUT2D eigenvalue weighted by atomic mass is 10.0. The van der Waals surface area contributed by atoms with Crippen molar-refractivity contribution < 1.29 is 13.1 Å². The molecule has 0 bridgehead atoms. The molecule has 0 spiro atoms. The average Bonchev–Trinajstić information content (AvgIpc) is 2.97. The van der Waals surface area contributed by atoms with Crippen molar-refractivity contribution in [3.8, 4) is 5.75 Å². The molecule has 1 atom stereocenters. The van der Waals surface area contributed by atoms with Gasteiger partial charge in [0.05, 0.1) is 12.3 Å². The van der Waals surface area contributed by atoms with Gasteiger partial charge in [0.2, 0.25) is 0 Å². The Morgan fingerprint density at radius 2 is 2.00 bits per heavy atom. The predicted molar refractivity (Wildman–Crippen MR) is 109 cm³/mol. The van der Waals surface area contributed by atoms with Crippen LogP contribution in [0.25, 0.3) is 5.70 Å². The Morgan fingerprint density at radius 3 is 2.52 bits per heavy atom. The summed E-state index contributed by atoms with van der Waals surface area (Å²) in [6.45, 7) is 11.9. The number of aryl methyl sites for hydroxylation is 1. The van der Waals surface area contributed by atoms with Crippen molar-refractivity contribution in [2.24, 2.45) is 4.99 Å². The molecule has 2 rings (SSSR count). The van der Waals surface area contributed by atoms with Crippen LogP contribution in [0.4, 0.5) is 5.82 Å². The summed E-state index contributed by atoms with van der Waals surface area (Å²) in [6.07, 6.45) is 2.72. The number of hydrogen-bond donors (Lipinski definition) is 1. The first-order valence-electron chi connectivity index (χ1n) is 8.58. The van der Waals surface area contributed by atoms with Gasteiger partial charge in [0.25, 0.3) is 0 Å². The smallest absolute Gasteiger partial charge is 0.158 e. The van der Waals surface area contributed by atoms with E-state index in [1.807, 2.05) is 31.2 Å². The van der Waals surface area contributed by atoms with Gasteiger partial charge in [-0.1, -0.05) is 25.6 Å². The van der Waals surface area contributed by atoms with E-state index in [9.17, 15) is 4.21 Å². The van der Waals surface area contributed by atoms with Gasteiger partial charge in [-0.2, -0.15) is 5.10 Å². The third kappa shape index (κ3) is 5.77. The Bertz CT molecular complexity index is 915. The summed E-state index contributed by atoms with van der Waals surface area (Å²) in [4.78, 5) is 4.16. The van der Waals surface area contributed by atoms with Gasteiger partial charge in [-0.05, 0) is 37.8 Å². The number of nitrogens with one attached hydrogen (secondary N) is 1. The van der Waals surface area contributed by atoms with Crippen LogP contribution in [-0.4, -0.2) is 40.2 Å². The summed E-state index contributed by atoms with van der Waals surface area (Å²) in [5.41, 5.74) is 3.93. The SMILES string of the molecule is C=Nc1c(Cc2ccc(OCCOS(C)(=N)=O)cc2)c(CC)nn1C(=C)C. The van der Waals surface area contributed by atoms with E-state index in [4.69, 9.17) is 13.7 Å². The molecule has 0 aliphatic heterocycles. The van der Waals surface area contributed by atoms with Gasteiger partial charge >= 0.3 is 0 Å². The minimum atomic E-state index is -2.95. The predicted octanol–water partition coefficient (Wildman–Crippen LogP) is 3.85. The molecule has 1 unspecified atom stereocenters. The fourth-order valence-corrected chi connectivity index (χ4v) is 3.03. The summed E-state index contributed by atoms with van der Waals surface area (Å²) in [7, 11) is -2.95. The lowest BCUT2D eigenvalue weighted by Gasteiger charge is -2.08. The van der Waals surface area contributed by atoms with Crippen molar-refractivity contribution in [2.75, 3.05) is 19.5 Å². The maximum absolute atomic E-state index is 11.1. The number of hydrogen-bond acceptors (Lipinski definition) is 6. The van der Waals surface area contributed by atoms with Crippen LogP contribution >= 0.6 is 0 Å². The normalized spacial score (nSPS) is 13.1. The summed E-state index contributed by atoms with van der Waals surface area (Å²) >= 11 is 0. The van der Waals surface area contributed by atoms with Crippen LogP contribution in [0.3, 0.4) is 0 Å². The first-order chi connectivity index (χ1) is 12.7. The highest BCUT2D eigenvalue weighted by Gasteiger charge is 2.16. The minimum absolute atomic E-state index is 0.106. The van der Waals surface area contributed by atoms with Gasteiger partial charge in [0.1, 0.15) is 12.4 Å². The monoisotopic (exact) mass is 390 g/mol. The van der Waals surface area contributed by atoms with E-state index in [0.29, 0.717) is 12.2 Å². The Morgan fingerprint density at radius 1 is 1.33 bits per heavy atom. The van der Waals surface area contributed by atoms with E-state index < -0.39 is 10.0 Å². The third-order valence-electron chi connectivity index (χ3n) is 3.85. The van der Waals surface area contributed by atoms with Crippen LogP contribution < -0.4 is 4.74 Å². The molecule has 1 aromatic carbocycles. The number of allylic oxidation sites excluding steroid dienone is 1. The van der Waals surface area contributed by atoms with E-state index in [2.05, 4.69) is 30.3 Å². The zero-order chi connectivity index (χ0) is 20.0. The molecule has 0 fully saturated rings. The van der Waals surface area contributed by atoms with Gasteiger partial charge in [-0.3, -0.25) is 4.18 Å². The molecule has 1 N–H and O–H groups in total. The van der Waals surface area contributed by atoms with Gasteiger partial charge in [-0.15, -0.1) is 0 Å². The Balaban J connectivity index is 2.08. The zero-order valence-corrected chi connectivity index (χ0v) is 16.8. The van der Waals surface area contributed by atoms with Crippen LogP contribution in [0, 0.1) is 4.78 Å². The second kappa shape index (κ2) is 8.96. The molecule has 27 heavy (non-hydrogen) atoms. The van der Waals surface area contributed by atoms with Gasteiger partial charge in [0, 0.05) is 23.9 Å². The topological polar surface area (TPSA) is 89.6 Å². The van der Waals surface area contributed by atoms with Crippen molar-refractivity contribution in [3.05, 3.63) is 47.7 Å². The standard InChI is InChI=1S/C19H26N4O3S/c1-6-18-17(19(21-4)23(22-18)14(2)3)13-15-7-9-16(10-8-15)25-11-12-26-27(5,20)24/h7-10,20H,2,4,6,11-13H2,1,3,5H3. The average molecular weight is 391 g/mol. The maximum atomic E-state index is 11.1. The van der Waals surface area contributed by atoms with E-state index in [0.717, 1.165) is 34.8 Å². The summed E-state index contributed by atoms with van der Waals surface area (Å²) < 4.78 is 30.4. The second-order valence-corrected chi connectivity index (χ2v) is 7.95. The summed E-state index contributed by atoms with van der Waals surface area (Å²) in [6, 6.07) is 7.70. The van der Waals surface area contributed by atoms with Gasteiger partial charge in [-0.25, -0.2) is 18.7 Å². The first kappa shape index (κ1) is 20.9. The van der Waals surface area contributed by atoms with Crippen molar-refractivity contribution in [1.82, 2.24) is 9.78 Å². The van der Waals surface area contributed by atoms with Crippen molar-refractivity contribution in [1.29, 1.82) is 4.78 Å². The van der Waals surface area contributed by atoms with E-state index in [1.165, 1.54) is 6.26 Å². The van der Waals surface area contributed by atoms with Crippen LogP contribution in [0.2, 0.25) is 0 Å². The van der Waals surface area contributed by atoms with Crippen molar-refractivity contribution >= 4 is 28.2 Å². The van der Waals surface area contributed by atoms with Crippen LogP contribution in [0.1, 0.15) is 30.7 Å². The zero-order valence-electron chi connectivity index (χ0n) is 16.0. The molecule has 0 saturated heterocycles. The number of ether oxygens (including phenoxy) is 1. The molecule has 1 aromatic heterocycles. The molecule has 146 valence electrons. The number of aliphatic imine (C=N–C) groups is 1.